The average Bonchev–Trinajstić information content (AvgIpc) is 3.26. The van der Waals surface area contributed by atoms with Crippen LogP contribution in [0.15, 0.2) is 54.7 Å². The van der Waals surface area contributed by atoms with Crippen molar-refractivity contribution in [3.63, 3.8) is 0 Å². The van der Waals surface area contributed by atoms with Crippen LogP contribution >= 0.6 is 23.2 Å². The monoisotopic (exact) mass is 401 g/mol. The molecular formula is C20H17Cl2N3O2. The van der Waals surface area contributed by atoms with Crippen molar-refractivity contribution in [3.8, 4) is 5.75 Å². The minimum Gasteiger partial charge on any atom is -0.470 e. The molecule has 2 aromatic carbocycles. The Morgan fingerprint density at radius 1 is 1.19 bits per heavy atom. The minimum atomic E-state index is -0.119. The van der Waals surface area contributed by atoms with Gasteiger partial charge in [0.2, 0.25) is 0 Å². The normalized spacial score (nSPS) is 15.7. The minimum absolute atomic E-state index is 0.0987. The van der Waals surface area contributed by atoms with Gasteiger partial charge in [0.15, 0.2) is 12.4 Å². The van der Waals surface area contributed by atoms with Crippen molar-refractivity contribution in [2.75, 3.05) is 4.90 Å². The molecule has 0 fully saturated rings. The first-order valence-corrected chi connectivity index (χ1v) is 9.32. The molecule has 1 amide bonds. The van der Waals surface area contributed by atoms with Gasteiger partial charge in [-0.2, -0.15) is 5.10 Å². The molecule has 1 aromatic heterocycles. The first kappa shape index (κ1) is 17.9. The Morgan fingerprint density at radius 3 is 2.85 bits per heavy atom. The van der Waals surface area contributed by atoms with Crippen molar-refractivity contribution in [1.82, 2.24) is 9.78 Å². The van der Waals surface area contributed by atoms with Crippen LogP contribution in [0.5, 0.6) is 5.75 Å². The molecule has 0 spiro atoms. The molecule has 27 heavy (non-hydrogen) atoms. The Labute approximate surface area is 167 Å². The van der Waals surface area contributed by atoms with Crippen molar-refractivity contribution in [1.29, 1.82) is 0 Å². The molecule has 0 saturated carbocycles. The largest absolute Gasteiger partial charge is 0.470 e. The third-order valence-electron chi connectivity index (χ3n) is 4.55. The van der Waals surface area contributed by atoms with E-state index in [1.54, 1.807) is 40.0 Å². The summed E-state index contributed by atoms with van der Waals surface area (Å²) in [5.41, 5.74) is 2.50. The Bertz CT molecular complexity index is 1000. The number of nitrogens with zero attached hydrogens (tertiary/aromatic N) is 3. The molecule has 1 aliphatic rings. The van der Waals surface area contributed by atoms with Gasteiger partial charge in [-0.3, -0.25) is 4.79 Å². The molecule has 0 N–H and O–H groups in total. The van der Waals surface area contributed by atoms with Crippen LogP contribution in [0.3, 0.4) is 0 Å². The zero-order valence-electron chi connectivity index (χ0n) is 14.6. The number of para-hydroxylation sites is 1. The van der Waals surface area contributed by atoms with E-state index in [4.69, 9.17) is 27.9 Å². The lowest BCUT2D eigenvalue weighted by Crippen LogP contribution is -2.36. The van der Waals surface area contributed by atoms with Gasteiger partial charge >= 0.3 is 0 Å². The van der Waals surface area contributed by atoms with Gasteiger partial charge < -0.3 is 9.64 Å². The number of carbonyl (C=O) groups is 1. The quantitative estimate of drug-likeness (QED) is 0.629. The molecule has 1 atom stereocenters. The molecule has 0 bridgehead atoms. The predicted octanol–water partition coefficient (Wildman–Crippen LogP) is 4.82. The van der Waals surface area contributed by atoms with E-state index >= 15 is 0 Å². The van der Waals surface area contributed by atoms with Gasteiger partial charge in [0.1, 0.15) is 10.8 Å². The van der Waals surface area contributed by atoms with Crippen LogP contribution in [-0.2, 0) is 13.2 Å². The molecule has 7 heteroatoms. The van der Waals surface area contributed by atoms with Crippen molar-refractivity contribution in [2.45, 2.75) is 26.1 Å². The van der Waals surface area contributed by atoms with Crippen molar-refractivity contribution in [2.24, 2.45) is 0 Å². The molecule has 0 saturated heterocycles. The average molecular weight is 402 g/mol. The van der Waals surface area contributed by atoms with E-state index < -0.39 is 0 Å². The van der Waals surface area contributed by atoms with Crippen molar-refractivity contribution in [3.05, 3.63) is 76.0 Å². The summed E-state index contributed by atoms with van der Waals surface area (Å²) in [5, 5.41) is 5.13. The van der Waals surface area contributed by atoms with Crippen molar-refractivity contribution >= 4 is 34.8 Å². The Kier molecular flexibility index (Phi) is 4.81. The number of halogens is 2. The Morgan fingerprint density at radius 2 is 2.00 bits per heavy atom. The second-order valence-corrected chi connectivity index (χ2v) is 7.21. The lowest BCUT2D eigenvalue weighted by atomic mass is 10.1. The van der Waals surface area contributed by atoms with E-state index in [1.807, 2.05) is 25.1 Å². The zero-order valence-corrected chi connectivity index (χ0v) is 16.1. The fourth-order valence-corrected chi connectivity index (χ4v) is 3.62. The number of aromatic nitrogens is 2. The van der Waals surface area contributed by atoms with Crippen LogP contribution in [-0.4, -0.2) is 21.7 Å². The van der Waals surface area contributed by atoms with Crippen LogP contribution < -0.4 is 9.64 Å². The summed E-state index contributed by atoms with van der Waals surface area (Å²) in [5.74, 6) is 0.349. The fourth-order valence-electron chi connectivity index (χ4n) is 3.28. The molecule has 1 aliphatic heterocycles. The maximum atomic E-state index is 13.0. The summed E-state index contributed by atoms with van der Waals surface area (Å²) in [4.78, 5) is 14.8. The van der Waals surface area contributed by atoms with Crippen LogP contribution in [0, 0.1) is 0 Å². The number of anilines is 1. The van der Waals surface area contributed by atoms with E-state index in [1.165, 1.54) is 5.56 Å². The molecular weight excluding hydrogens is 385 g/mol. The summed E-state index contributed by atoms with van der Waals surface area (Å²) in [7, 11) is 0. The first-order valence-electron chi connectivity index (χ1n) is 8.56. The Balaban J connectivity index is 1.49. The highest BCUT2D eigenvalue weighted by Gasteiger charge is 2.32. The number of fused-ring (bicyclic) bond motifs is 1. The first-order chi connectivity index (χ1) is 13.0. The zero-order chi connectivity index (χ0) is 19.0. The SMILES string of the molecule is CC1Cc2ccccc2N1C(=O)c1ccn(COc2cccc(Cl)c2Cl)n1. The third-order valence-corrected chi connectivity index (χ3v) is 5.36. The van der Waals surface area contributed by atoms with Crippen LogP contribution in [0.25, 0.3) is 0 Å². The van der Waals surface area contributed by atoms with Gasteiger partial charge in [0.25, 0.3) is 5.91 Å². The number of amides is 1. The molecule has 4 rings (SSSR count). The number of benzene rings is 2. The van der Waals surface area contributed by atoms with Crippen LogP contribution in [0.1, 0.15) is 23.0 Å². The van der Waals surface area contributed by atoms with Crippen LogP contribution in [0.2, 0.25) is 10.0 Å². The fraction of sp³-hybridized carbons (Fsp3) is 0.200. The van der Waals surface area contributed by atoms with Gasteiger partial charge in [0.05, 0.1) is 5.02 Å². The molecule has 5 nitrogen and oxygen atoms in total. The van der Waals surface area contributed by atoms with Gasteiger partial charge in [-0.15, -0.1) is 0 Å². The predicted molar refractivity (Wildman–Crippen MR) is 106 cm³/mol. The highest BCUT2D eigenvalue weighted by molar-refractivity contribution is 6.42. The lowest BCUT2D eigenvalue weighted by Gasteiger charge is -2.21. The maximum absolute atomic E-state index is 13.0. The van der Waals surface area contributed by atoms with E-state index in [9.17, 15) is 4.79 Å². The van der Waals surface area contributed by atoms with E-state index in [2.05, 4.69) is 11.2 Å². The molecule has 0 aliphatic carbocycles. The topological polar surface area (TPSA) is 47.4 Å². The second kappa shape index (κ2) is 7.25. The molecule has 1 unspecified atom stereocenters. The number of carbonyl (C=O) groups excluding carboxylic acids is 1. The highest BCUT2D eigenvalue weighted by atomic mass is 35.5. The smallest absolute Gasteiger partial charge is 0.279 e. The summed E-state index contributed by atoms with van der Waals surface area (Å²) in [6.45, 7) is 2.17. The number of ether oxygens (including phenoxy) is 1. The highest BCUT2D eigenvalue weighted by Crippen LogP contribution is 2.33. The molecule has 3 aromatic rings. The second-order valence-electron chi connectivity index (χ2n) is 6.42. The van der Waals surface area contributed by atoms with E-state index in [0.717, 1.165) is 12.1 Å². The van der Waals surface area contributed by atoms with Gasteiger partial charge in [-0.05, 0) is 43.2 Å². The van der Waals surface area contributed by atoms with E-state index in [-0.39, 0.29) is 18.7 Å². The van der Waals surface area contributed by atoms with Crippen LogP contribution in [0.4, 0.5) is 5.69 Å². The van der Waals surface area contributed by atoms with E-state index in [0.29, 0.717) is 21.5 Å². The summed E-state index contributed by atoms with van der Waals surface area (Å²) in [6, 6.07) is 14.9. The third kappa shape index (κ3) is 3.40. The summed E-state index contributed by atoms with van der Waals surface area (Å²) in [6.07, 6.45) is 2.55. The molecule has 2 heterocycles. The Hall–Kier alpha value is -2.50. The number of hydrogen-bond acceptors (Lipinski definition) is 3. The summed E-state index contributed by atoms with van der Waals surface area (Å²) >= 11 is 12.1. The summed E-state index contributed by atoms with van der Waals surface area (Å²) < 4.78 is 7.21. The van der Waals surface area contributed by atoms with Gasteiger partial charge in [-0.25, -0.2) is 4.68 Å². The van der Waals surface area contributed by atoms with Crippen molar-refractivity contribution < 1.29 is 9.53 Å². The standard InChI is InChI=1S/C20H17Cl2N3O2/c1-13-11-14-5-2-3-7-17(14)25(13)20(26)16-9-10-24(23-16)12-27-18-8-4-6-15(21)19(18)22/h2-10,13H,11-12H2,1H3. The number of rotatable bonds is 4. The molecule has 138 valence electrons. The van der Waals surface area contributed by atoms with Gasteiger partial charge in [0, 0.05) is 17.9 Å². The van der Waals surface area contributed by atoms with Gasteiger partial charge in [-0.1, -0.05) is 47.5 Å². The number of hydrogen-bond donors (Lipinski definition) is 0. The maximum Gasteiger partial charge on any atom is 0.279 e. The molecule has 0 radical (unpaired) electrons. The lowest BCUT2D eigenvalue weighted by molar-refractivity contribution is 0.0974.